The molecule has 0 aliphatic carbocycles. The molecule has 0 saturated heterocycles. The van der Waals surface area contributed by atoms with Crippen molar-refractivity contribution < 1.29 is 23.5 Å². The van der Waals surface area contributed by atoms with Gasteiger partial charge in [0.05, 0.1) is 17.3 Å². The minimum Gasteiger partial charge on any atom is -0.497 e. The minimum atomic E-state index is -0.700. The van der Waals surface area contributed by atoms with E-state index in [0.29, 0.717) is 22.1 Å². The number of aromatic nitrogens is 1. The second-order valence-corrected chi connectivity index (χ2v) is 6.91. The highest BCUT2D eigenvalue weighted by Gasteiger charge is 2.17. The van der Waals surface area contributed by atoms with Crippen LogP contribution < -0.4 is 4.74 Å². The van der Waals surface area contributed by atoms with E-state index in [1.807, 2.05) is 24.3 Å². The first-order valence-corrected chi connectivity index (χ1v) is 9.26. The van der Waals surface area contributed by atoms with Gasteiger partial charge in [-0.15, -0.1) is 11.3 Å². The molecule has 0 aliphatic rings. The zero-order chi connectivity index (χ0) is 19.5. The summed E-state index contributed by atoms with van der Waals surface area (Å²) in [5.41, 5.74) is 1.30. The van der Waals surface area contributed by atoms with Crippen LogP contribution >= 0.6 is 11.3 Å². The van der Waals surface area contributed by atoms with E-state index in [-0.39, 0.29) is 18.2 Å². The molecule has 4 rings (SSSR count). The van der Waals surface area contributed by atoms with Crippen LogP contribution in [0.2, 0.25) is 0 Å². The summed E-state index contributed by atoms with van der Waals surface area (Å²) >= 11 is 1.47. The summed E-state index contributed by atoms with van der Waals surface area (Å²) in [7, 11) is 1.55. The van der Waals surface area contributed by atoms with Gasteiger partial charge in [0.25, 0.3) is 0 Å². The van der Waals surface area contributed by atoms with E-state index in [1.54, 1.807) is 37.4 Å². The second kappa shape index (κ2) is 7.66. The highest BCUT2D eigenvalue weighted by molar-refractivity contribution is 7.21. The molecule has 0 fully saturated rings. The smallest absolute Gasteiger partial charge is 0.374 e. The van der Waals surface area contributed by atoms with Crippen molar-refractivity contribution in [1.29, 1.82) is 0 Å². The van der Waals surface area contributed by atoms with Crippen LogP contribution in [-0.2, 0) is 4.74 Å². The monoisotopic (exact) mass is 393 g/mol. The molecule has 2 heterocycles. The molecule has 0 saturated carbocycles. The van der Waals surface area contributed by atoms with Crippen LogP contribution in [0.15, 0.2) is 65.1 Å². The van der Waals surface area contributed by atoms with Gasteiger partial charge in [0.2, 0.25) is 5.76 Å². The number of Topliss-reactive ketones (excluding diaryl/α,β-unsaturated/α-hetero) is 1. The number of fused-ring (bicyclic) bond motifs is 1. The summed E-state index contributed by atoms with van der Waals surface area (Å²) in [5.74, 6) is 0.140. The lowest BCUT2D eigenvalue weighted by atomic mass is 10.1. The predicted molar refractivity (Wildman–Crippen MR) is 105 cm³/mol. The van der Waals surface area contributed by atoms with Crippen molar-refractivity contribution >= 4 is 33.3 Å². The van der Waals surface area contributed by atoms with Gasteiger partial charge in [-0.1, -0.05) is 12.1 Å². The molecule has 140 valence electrons. The van der Waals surface area contributed by atoms with E-state index >= 15 is 0 Å². The number of thiazole rings is 1. The average Bonchev–Trinajstić information content (AvgIpc) is 3.38. The Labute approximate surface area is 164 Å². The molecule has 0 spiro atoms. The first kappa shape index (κ1) is 17.9. The molecule has 0 amide bonds. The van der Waals surface area contributed by atoms with Crippen LogP contribution in [0.5, 0.6) is 5.75 Å². The summed E-state index contributed by atoms with van der Waals surface area (Å²) in [6.45, 7) is -0.373. The van der Waals surface area contributed by atoms with E-state index in [4.69, 9.17) is 13.9 Å². The lowest BCUT2D eigenvalue weighted by molar-refractivity contribution is 0.0445. The zero-order valence-electron chi connectivity index (χ0n) is 14.9. The first-order valence-electron chi connectivity index (χ1n) is 8.44. The standard InChI is InChI=1S/C21H15NO5S/c1-25-14-8-6-13(7-9-14)16(23)12-26-21(24)18-11-10-17(27-18)20-22-15-4-2-3-5-19(15)28-20/h2-11H,12H2,1H3. The molecule has 0 radical (unpaired) electrons. The Balaban J connectivity index is 1.42. The van der Waals surface area contributed by atoms with Crippen molar-refractivity contribution in [3.63, 3.8) is 0 Å². The maximum Gasteiger partial charge on any atom is 0.374 e. The van der Waals surface area contributed by atoms with Gasteiger partial charge in [0, 0.05) is 5.56 Å². The van der Waals surface area contributed by atoms with Gasteiger partial charge >= 0.3 is 5.97 Å². The Kier molecular flexibility index (Phi) is 4.90. The Bertz CT molecular complexity index is 1110. The van der Waals surface area contributed by atoms with Gasteiger partial charge in [-0.2, -0.15) is 0 Å². The number of para-hydroxylation sites is 1. The molecule has 2 aromatic carbocycles. The predicted octanol–water partition coefficient (Wildman–Crippen LogP) is 4.60. The van der Waals surface area contributed by atoms with E-state index < -0.39 is 5.97 Å². The van der Waals surface area contributed by atoms with Crippen LogP contribution in [0.25, 0.3) is 21.0 Å². The number of hydrogen-bond donors (Lipinski definition) is 0. The summed E-state index contributed by atoms with van der Waals surface area (Å²) < 4.78 is 16.7. The molecule has 0 bridgehead atoms. The van der Waals surface area contributed by atoms with Gasteiger partial charge in [-0.25, -0.2) is 9.78 Å². The Morgan fingerprint density at radius 3 is 2.57 bits per heavy atom. The van der Waals surface area contributed by atoms with Crippen LogP contribution in [0.1, 0.15) is 20.9 Å². The Morgan fingerprint density at radius 1 is 1.04 bits per heavy atom. The fourth-order valence-corrected chi connectivity index (χ4v) is 3.53. The van der Waals surface area contributed by atoms with Gasteiger partial charge in [0.1, 0.15) is 5.75 Å². The van der Waals surface area contributed by atoms with E-state index in [9.17, 15) is 9.59 Å². The van der Waals surface area contributed by atoms with Crippen LogP contribution in [0.4, 0.5) is 0 Å². The van der Waals surface area contributed by atoms with Crippen molar-refractivity contribution in [2.75, 3.05) is 13.7 Å². The largest absolute Gasteiger partial charge is 0.497 e. The van der Waals surface area contributed by atoms with Gasteiger partial charge in [-0.05, 0) is 48.5 Å². The number of benzene rings is 2. The van der Waals surface area contributed by atoms with Crippen LogP contribution in [0, 0.1) is 0 Å². The third kappa shape index (κ3) is 3.65. The summed E-state index contributed by atoms with van der Waals surface area (Å²) in [6, 6.07) is 17.5. The van der Waals surface area contributed by atoms with E-state index in [1.165, 1.54) is 17.4 Å². The van der Waals surface area contributed by atoms with Crippen molar-refractivity contribution in [1.82, 2.24) is 4.98 Å². The topological polar surface area (TPSA) is 78.6 Å². The molecule has 28 heavy (non-hydrogen) atoms. The molecule has 0 unspecified atom stereocenters. The molecular formula is C21H15NO5S. The average molecular weight is 393 g/mol. The number of rotatable bonds is 6. The third-order valence-electron chi connectivity index (χ3n) is 4.06. The fraction of sp³-hybridized carbons (Fsp3) is 0.0952. The SMILES string of the molecule is COc1ccc(C(=O)COC(=O)c2ccc(-c3nc4ccccc4s3)o2)cc1. The van der Waals surface area contributed by atoms with Crippen molar-refractivity contribution in [2.24, 2.45) is 0 Å². The van der Waals surface area contributed by atoms with Crippen LogP contribution in [-0.4, -0.2) is 30.5 Å². The molecule has 2 aromatic heterocycles. The number of esters is 1. The molecule has 0 aliphatic heterocycles. The number of ether oxygens (including phenoxy) is 2. The van der Waals surface area contributed by atoms with E-state index in [2.05, 4.69) is 4.98 Å². The van der Waals surface area contributed by atoms with Gasteiger partial charge < -0.3 is 13.9 Å². The van der Waals surface area contributed by atoms with E-state index in [0.717, 1.165) is 10.2 Å². The Morgan fingerprint density at radius 2 is 1.82 bits per heavy atom. The highest BCUT2D eigenvalue weighted by atomic mass is 32.1. The fourth-order valence-electron chi connectivity index (χ4n) is 2.60. The van der Waals surface area contributed by atoms with Gasteiger partial charge in [-0.3, -0.25) is 4.79 Å². The lowest BCUT2D eigenvalue weighted by Crippen LogP contribution is -2.13. The highest BCUT2D eigenvalue weighted by Crippen LogP contribution is 2.31. The molecule has 4 aromatic rings. The summed E-state index contributed by atoms with van der Waals surface area (Å²) in [6.07, 6.45) is 0. The number of ketones is 1. The second-order valence-electron chi connectivity index (χ2n) is 5.88. The lowest BCUT2D eigenvalue weighted by Gasteiger charge is -2.04. The zero-order valence-corrected chi connectivity index (χ0v) is 15.7. The molecular weight excluding hydrogens is 378 g/mol. The number of nitrogens with zero attached hydrogens (tertiary/aromatic N) is 1. The van der Waals surface area contributed by atoms with Crippen molar-refractivity contribution in [3.8, 4) is 16.5 Å². The number of furan rings is 1. The number of hydrogen-bond acceptors (Lipinski definition) is 7. The maximum absolute atomic E-state index is 12.2. The van der Waals surface area contributed by atoms with Crippen molar-refractivity contribution in [2.45, 2.75) is 0 Å². The molecule has 0 atom stereocenters. The quantitative estimate of drug-likeness (QED) is 0.352. The number of methoxy groups -OCH3 is 1. The molecule has 0 N–H and O–H groups in total. The third-order valence-corrected chi connectivity index (χ3v) is 5.11. The maximum atomic E-state index is 12.2. The first-order chi connectivity index (χ1) is 13.6. The Hall–Kier alpha value is -3.45. The van der Waals surface area contributed by atoms with Crippen LogP contribution in [0.3, 0.4) is 0 Å². The molecule has 7 heteroatoms. The van der Waals surface area contributed by atoms with Crippen molar-refractivity contribution in [3.05, 3.63) is 72.0 Å². The normalized spacial score (nSPS) is 10.8. The minimum absolute atomic E-state index is 0.0248. The van der Waals surface area contributed by atoms with Gasteiger partial charge in [0.15, 0.2) is 23.2 Å². The molecule has 6 nitrogen and oxygen atoms in total. The number of carbonyl (C=O) groups is 2. The summed E-state index contributed by atoms with van der Waals surface area (Å²) in [4.78, 5) is 28.8. The summed E-state index contributed by atoms with van der Waals surface area (Å²) in [5, 5.41) is 0.676. The number of carbonyl (C=O) groups excluding carboxylic acids is 2.